The number of carbonyl (C=O) groups excluding carboxylic acids is 1. The van der Waals surface area contributed by atoms with E-state index in [0.29, 0.717) is 44.3 Å². The van der Waals surface area contributed by atoms with Crippen molar-refractivity contribution in [3.63, 3.8) is 0 Å². The molecule has 0 N–H and O–H groups in total. The van der Waals surface area contributed by atoms with Crippen LogP contribution in [0.5, 0.6) is 11.5 Å². The molecule has 0 bridgehead atoms. The van der Waals surface area contributed by atoms with Gasteiger partial charge in [-0.2, -0.15) is 0 Å². The zero-order valence-electron chi connectivity index (χ0n) is 19.2. The van der Waals surface area contributed by atoms with Crippen molar-refractivity contribution >= 4 is 11.7 Å². The van der Waals surface area contributed by atoms with E-state index < -0.39 is 0 Å². The van der Waals surface area contributed by atoms with Crippen LogP contribution in [-0.4, -0.2) is 60.4 Å². The Bertz CT molecular complexity index is 1050. The summed E-state index contributed by atoms with van der Waals surface area (Å²) in [5.41, 5.74) is 3.23. The molecule has 1 fully saturated rings. The van der Waals surface area contributed by atoms with Gasteiger partial charge in [-0.05, 0) is 43.2 Å². The van der Waals surface area contributed by atoms with Crippen LogP contribution in [0.25, 0.3) is 11.3 Å². The van der Waals surface area contributed by atoms with Crippen LogP contribution in [0.2, 0.25) is 0 Å². The molecule has 1 amide bonds. The molecule has 7 heteroatoms. The average molecular weight is 447 g/mol. The first-order valence-corrected chi connectivity index (χ1v) is 11.5. The van der Waals surface area contributed by atoms with Crippen molar-refractivity contribution in [1.82, 2.24) is 15.1 Å². The zero-order chi connectivity index (χ0) is 23.0. The standard InChI is InChI=1S/C26H30N4O3/c1-3-20-9-11-21(12-10-20)22-13-14-25(28-27-22)29-15-17-30(18-16-29)26(31)19-33-24-8-6-5-7-23(24)32-4-2/h5-14H,3-4,15-19H2,1-2H3. The van der Waals surface area contributed by atoms with Crippen molar-refractivity contribution in [1.29, 1.82) is 0 Å². The van der Waals surface area contributed by atoms with Crippen LogP contribution in [0, 0.1) is 0 Å². The van der Waals surface area contributed by atoms with E-state index in [1.807, 2.05) is 48.2 Å². The van der Waals surface area contributed by atoms with E-state index in [-0.39, 0.29) is 12.5 Å². The topological polar surface area (TPSA) is 67.8 Å². The second-order valence-electron chi connectivity index (χ2n) is 7.86. The third kappa shape index (κ3) is 5.61. The summed E-state index contributed by atoms with van der Waals surface area (Å²) in [5.74, 6) is 2.04. The smallest absolute Gasteiger partial charge is 0.260 e. The SMILES string of the molecule is CCOc1ccccc1OCC(=O)N1CCN(c2ccc(-c3ccc(CC)cc3)nn2)CC1. The highest BCUT2D eigenvalue weighted by molar-refractivity contribution is 5.78. The van der Waals surface area contributed by atoms with Gasteiger partial charge in [0.05, 0.1) is 12.3 Å². The van der Waals surface area contributed by atoms with Gasteiger partial charge >= 0.3 is 0 Å². The highest BCUT2D eigenvalue weighted by Crippen LogP contribution is 2.26. The van der Waals surface area contributed by atoms with Gasteiger partial charge in [-0.1, -0.05) is 43.3 Å². The number of aromatic nitrogens is 2. The third-order valence-electron chi connectivity index (χ3n) is 5.76. The molecule has 33 heavy (non-hydrogen) atoms. The molecule has 0 aliphatic carbocycles. The summed E-state index contributed by atoms with van der Waals surface area (Å²) in [6.07, 6.45) is 1.02. The van der Waals surface area contributed by atoms with Crippen molar-refractivity contribution in [2.24, 2.45) is 0 Å². The highest BCUT2D eigenvalue weighted by atomic mass is 16.5. The number of nitrogens with zero attached hydrogens (tertiary/aromatic N) is 4. The first kappa shape index (κ1) is 22.6. The lowest BCUT2D eigenvalue weighted by Crippen LogP contribution is -2.50. The Labute approximate surface area is 195 Å². The lowest BCUT2D eigenvalue weighted by Gasteiger charge is -2.35. The molecule has 3 aromatic rings. The van der Waals surface area contributed by atoms with Crippen molar-refractivity contribution in [2.75, 3.05) is 44.3 Å². The van der Waals surface area contributed by atoms with E-state index >= 15 is 0 Å². The van der Waals surface area contributed by atoms with Crippen molar-refractivity contribution < 1.29 is 14.3 Å². The van der Waals surface area contributed by atoms with Crippen LogP contribution in [0.15, 0.2) is 60.7 Å². The Hall–Kier alpha value is -3.61. The Balaban J connectivity index is 1.29. The summed E-state index contributed by atoms with van der Waals surface area (Å²) < 4.78 is 11.3. The number of rotatable bonds is 8. The van der Waals surface area contributed by atoms with E-state index in [4.69, 9.17) is 9.47 Å². The summed E-state index contributed by atoms with van der Waals surface area (Å²) in [4.78, 5) is 16.6. The summed E-state index contributed by atoms with van der Waals surface area (Å²) in [7, 11) is 0. The number of piperazine rings is 1. The molecular weight excluding hydrogens is 416 g/mol. The molecular formula is C26H30N4O3. The monoisotopic (exact) mass is 446 g/mol. The fourth-order valence-corrected chi connectivity index (χ4v) is 3.82. The minimum Gasteiger partial charge on any atom is -0.490 e. The second kappa shape index (κ2) is 10.8. The Morgan fingerprint density at radius 2 is 1.55 bits per heavy atom. The Morgan fingerprint density at radius 1 is 0.848 bits per heavy atom. The number of hydrogen-bond acceptors (Lipinski definition) is 6. The van der Waals surface area contributed by atoms with Gasteiger partial charge in [0.1, 0.15) is 0 Å². The molecule has 0 unspecified atom stereocenters. The molecule has 0 spiro atoms. The van der Waals surface area contributed by atoms with Gasteiger partial charge in [-0.25, -0.2) is 0 Å². The molecule has 2 aromatic carbocycles. The van der Waals surface area contributed by atoms with Gasteiger partial charge in [0.2, 0.25) is 0 Å². The van der Waals surface area contributed by atoms with Crippen molar-refractivity contribution in [3.8, 4) is 22.8 Å². The predicted molar refractivity (Wildman–Crippen MR) is 129 cm³/mol. The minimum atomic E-state index is -0.0297. The predicted octanol–water partition coefficient (Wildman–Crippen LogP) is 3.83. The Kier molecular flexibility index (Phi) is 7.40. The maximum atomic E-state index is 12.6. The Morgan fingerprint density at radius 3 is 2.15 bits per heavy atom. The molecule has 7 nitrogen and oxygen atoms in total. The van der Waals surface area contributed by atoms with E-state index in [0.717, 1.165) is 23.5 Å². The molecule has 0 radical (unpaired) electrons. The summed E-state index contributed by atoms with van der Waals surface area (Å²) in [5, 5.41) is 8.84. The molecule has 1 aliphatic heterocycles. The van der Waals surface area contributed by atoms with Gasteiger partial charge in [0, 0.05) is 31.7 Å². The normalized spacial score (nSPS) is 13.6. The number of benzene rings is 2. The van der Waals surface area contributed by atoms with Crippen LogP contribution in [0.1, 0.15) is 19.4 Å². The lowest BCUT2D eigenvalue weighted by molar-refractivity contribution is -0.133. The van der Waals surface area contributed by atoms with Gasteiger partial charge in [0.15, 0.2) is 23.9 Å². The lowest BCUT2D eigenvalue weighted by atomic mass is 10.1. The molecule has 1 aromatic heterocycles. The number of para-hydroxylation sites is 2. The fourth-order valence-electron chi connectivity index (χ4n) is 3.82. The molecule has 4 rings (SSSR count). The maximum Gasteiger partial charge on any atom is 0.260 e. The summed E-state index contributed by atoms with van der Waals surface area (Å²) >= 11 is 0. The molecule has 0 atom stereocenters. The van der Waals surface area contributed by atoms with Crippen LogP contribution >= 0.6 is 0 Å². The van der Waals surface area contributed by atoms with E-state index in [1.165, 1.54) is 5.56 Å². The number of hydrogen-bond donors (Lipinski definition) is 0. The zero-order valence-corrected chi connectivity index (χ0v) is 19.2. The largest absolute Gasteiger partial charge is 0.490 e. The van der Waals surface area contributed by atoms with Crippen LogP contribution in [0.4, 0.5) is 5.82 Å². The molecule has 0 saturated carbocycles. The number of aryl methyl sites for hydroxylation is 1. The quantitative estimate of drug-likeness (QED) is 0.524. The van der Waals surface area contributed by atoms with Crippen LogP contribution in [-0.2, 0) is 11.2 Å². The second-order valence-corrected chi connectivity index (χ2v) is 7.86. The van der Waals surface area contributed by atoms with Crippen LogP contribution in [0.3, 0.4) is 0 Å². The number of amides is 1. The van der Waals surface area contributed by atoms with Gasteiger partial charge in [-0.3, -0.25) is 4.79 Å². The van der Waals surface area contributed by atoms with E-state index in [9.17, 15) is 4.79 Å². The summed E-state index contributed by atoms with van der Waals surface area (Å²) in [6, 6.07) is 19.8. The molecule has 172 valence electrons. The van der Waals surface area contributed by atoms with E-state index in [2.05, 4.69) is 46.3 Å². The number of anilines is 1. The number of carbonyl (C=O) groups is 1. The van der Waals surface area contributed by atoms with Gasteiger partial charge < -0.3 is 19.3 Å². The van der Waals surface area contributed by atoms with Crippen molar-refractivity contribution in [2.45, 2.75) is 20.3 Å². The first-order chi connectivity index (χ1) is 16.2. The van der Waals surface area contributed by atoms with Gasteiger partial charge in [-0.15, -0.1) is 10.2 Å². The molecule has 1 saturated heterocycles. The van der Waals surface area contributed by atoms with E-state index in [1.54, 1.807) is 0 Å². The molecule has 1 aliphatic rings. The maximum absolute atomic E-state index is 12.6. The van der Waals surface area contributed by atoms with Crippen molar-refractivity contribution in [3.05, 3.63) is 66.2 Å². The van der Waals surface area contributed by atoms with Crippen LogP contribution < -0.4 is 14.4 Å². The molecule has 2 heterocycles. The summed E-state index contributed by atoms with van der Waals surface area (Å²) in [6.45, 7) is 7.27. The minimum absolute atomic E-state index is 0.00455. The van der Waals surface area contributed by atoms with Gasteiger partial charge in [0.25, 0.3) is 5.91 Å². The third-order valence-corrected chi connectivity index (χ3v) is 5.76. The fraction of sp³-hybridized carbons (Fsp3) is 0.346. The highest BCUT2D eigenvalue weighted by Gasteiger charge is 2.23. The number of ether oxygens (including phenoxy) is 2. The average Bonchev–Trinajstić information content (AvgIpc) is 2.88. The first-order valence-electron chi connectivity index (χ1n) is 11.5.